The van der Waals surface area contributed by atoms with Crippen LogP contribution >= 0.6 is 0 Å². The highest BCUT2D eigenvalue weighted by Gasteiger charge is 2.46. The number of anilines is 1. The van der Waals surface area contributed by atoms with Gasteiger partial charge in [-0.3, -0.25) is 9.79 Å². The molecule has 0 saturated heterocycles. The van der Waals surface area contributed by atoms with Crippen LogP contribution in [0.1, 0.15) is 50.9 Å². The molecule has 0 spiro atoms. The molecule has 32 heavy (non-hydrogen) atoms. The maximum absolute atomic E-state index is 12.0. The van der Waals surface area contributed by atoms with Crippen LogP contribution in [-0.2, 0) is 12.0 Å². The Morgan fingerprint density at radius 3 is 2.59 bits per heavy atom. The van der Waals surface area contributed by atoms with E-state index < -0.39 is 5.54 Å². The van der Waals surface area contributed by atoms with Gasteiger partial charge in [-0.2, -0.15) is 0 Å². The number of hydrogen-bond acceptors (Lipinski definition) is 3. The molecule has 4 heteroatoms. The number of benzene rings is 1. The molecule has 1 aromatic heterocycles. The second-order valence-corrected chi connectivity index (χ2v) is 8.72. The third-order valence-corrected chi connectivity index (χ3v) is 6.77. The summed E-state index contributed by atoms with van der Waals surface area (Å²) in [7, 11) is 0. The van der Waals surface area contributed by atoms with Crippen LogP contribution in [0.5, 0.6) is 0 Å². The average molecular weight is 428 g/mol. The van der Waals surface area contributed by atoms with Crippen LogP contribution in [0.25, 0.3) is 6.08 Å². The summed E-state index contributed by atoms with van der Waals surface area (Å²) in [6.45, 7) is 10.7. The van der Waals surface area contributed by atoms with Crippen molar-refractivity contribution in [1.29, 1.82) is 0 Å². The predicted octanol–water partition coefficient (Wildman–Crippen LogP) is 5.67. The normalized spacial score (nSPS) is 23.6. The van der Waals surface area contributed by atoms with E-state index in [0.29, 0.717) is 0 Å². The van der Waals surface area contributed by atoms with Crippen LogP contribution in [0, 0.1) is 5.92 Å². The second kappa shape index (κ2) is 9.15. The molecular formula is C28H33N3O. The number of nitrogens with zero attached hydrogens (tertiary/aromatic N) is 2. The summed E-state index contributed by atoms with van der Waals surface area (Å²) in [5, 5.41) is 0. The van der Waals surface area contributed by atoms with Gasteiger partial charge >= 0.3 is 0 Å². The number of aromatic amines is 1. The Bertz CT molecular complexity index is 1150. The number of aromatic nitrogens is 1. The Labute approximate surface area is 191 Å². The zero-order valence-corrected chi connectivity index (χ0v) is 19.6. The number of hydrogen-bond donors (Lipinski definition) is 1. The molecule has 0 saturated carbocycles. The van der Waals surface area contributed by atoms with Crippen LogP contribution in [-0.4, -0.2) is 24.3 Å². The first-order valence-corrected chi connectivity index (χ1v) is 11.6. The number of pyridine rings is 1. The summed E-state index contributed by atoms with van der Waals surface area (Å²) >= 11 is 0. The number of nitrogens with one attached hydrogen (secondary N) is 1. The minimum Gasteiger partial charge on any atom is -0.372 e. The summed E-state index contributed by atoms with van der Waals surface area (Å²) in [5.41, 5.74) is 6.75. The van der Waals surface area contributed by atoms with Gasteiger partial charge in [0, 0.05) is 54.7 Å². The summed E-state index contributed by atoms with van der Waals surface area (Å²) < 4.78 is 0. The Morgan fingerprint density at radius 1 is 1.16 bits per heavy atom. The zero-order chi connectivity index (χ0) is 22.7. The van der Waals surface area contributed by atoms with Gasteiger partial charge in [0.05, 0.1) is 0 Å². The predicted molar refractivity (Wildman–Crippen MR) is 136 cm³/mol. The third-order valence-electron chi connectivity index (χ3n) is 6.77. The van der Waals surface area contributed by atoms with Gasteiger partial charge in [-0.05, 0) is 69.5 Å². The number of aliphatic imine (C=N–C) groups is 1. The summed E-state index contributed by atoms with van der Waals surface area (Å²) in [4.78, 5) is 22.5. The molecular weight excluding hydrogens is 394 g/mol. The largest absolute Gasteiger partial charge is 0.372 e. The van der Waals surface area contributed by atoms with E-state index in [1.807, 2.05) is 18.4 Å². The van der Waals surface area contributed by atoms with Crippen molar-refractivity contribution in [2.75, 3.05) is 18.0 Å². The lowest BCUT2D eigenvalue weighted by Gasteiger charge is -2.45. The molecule has 1 heterocycles. The van der Waals surface area contributed by atoms with Gasteiger partial charge in [-0.15, -0.1) is 0 Å². The molecule has 0 amide bonds. The highest BCUT2D eigenvalue weighted by molar-refractivity contribution is 5.79. The lowest BCUT2D eigenvalue weighted by Crippen LogP contribution is -2.40. The summed E-state index contributed by atoms with van der Waals surface area (Å²) in [6.07, 6.45) is 12.3. The summed E-state index contributed by atoms with van der Waals surface area (Å²) in [5.74, 6) is 0.285. The SMILES string of the molecule is C/C=C1\[C@H]2C=C(C)C[C@]1(N=C/C=C/c1ccc(N(CC)CC)cc1)c1ccc(=O)[nH]c1C2. The van der Waals surface area contributed by atoms with E-state index in [1.54, 1.807) is 6.07 Å². The molecule has 166 valence electrons. The van der Waals surface area contributed by atoms with E-state index in [-0.39, 0.29) is 11.5 Å². The molecule has 2 aromatic rings. The van der Waals surface area contributed by atoms with E-state index in [4.69, 9.17) is 4.99 Å². The Kier molecular flexibility index (Phi) is 6.31. The van der Waals surface area contributed by atoms with E-state index in [1.165, 1.54) is 16.8 Å². The second-order valence-electron chi connectivity index (χ2n) is 8.72. The van der Waals surface area contributed by atoms with Crippen LogP contribution in [0.3, 0.4) is 0 Å². The van der Waals surface area contributed by atoms with Gasteiger partial charge in [0.1, 0.15) is 5.54 Å². The molecule has 2 aliphatic carbocycles. The summed E-state index contributed by atoms with van der Waals surface area (Å²) in [6, 6.07) is 12.3. The molecule has 4 nitrogen and oxygen atoms in total. The minimum atomic E-state index is -0.438. The van der Waals surface area contributed by atoms with Gasteiger partial charge in [-0.1, -0.05) is 35.9 Å². The molecule has 0 aliphatic heterocycles. The van der Waals surface area contributed by atoms with Crippen LogP contribution < -0.4 is 10.5 Å². The average Bonchev–Trinajstić information content (AvgIpc) is 2.78. The maximum atomic E-state index is 12.0. The van der Waals surface area contributed by atoms with E-state index in [2.05, 4.69) is 80.1 Å². The third kappa shape index (κ3) is 4.02. The van der Waals surface area contributed by atoms with E-state index in [9.17, 15) is 4.79 Å². The topological polar surface area (TPSA) is 48.5 Å². The van der Waals surface area contributed by atoms with Gasteiger partial charge in [0.15, 0.2) is 0 Å². The number of fused-ring (bicyclic) bond motifs is 4. The highest BCUT2D eigenvalue weighted by Crippen LogP contribution is 2.51. The molecule has 2 atom stereocenters. The van der Waals surface area contributed by atoms with Crippen LogP contribution in [0.4, 0.5) is 5.69 Å². The van der Waals surface area contributed by atoms with Crippen molar-refractivity contribution in [3.63, 3.8) is 0 Å². The van der Waals surface area contributed by atoms with Crippen molar-refractivity contribution < 1.29 is 0 Å². The van der Waals surface area contributed by atoms with Gasteiger partial charge < -0.3 is 9.88 Å². The number of rotatable bonds is 6. The Morgan fingerprint density at radius 2 is 1.91 bits per heavy atom. The first kappa shape index (κ1) is 22.1. The molecule has 2 aliphatic rings. The van der Waals surface area contributed by atoms with Gasteiger partial charge in [0.2, 0.25) is 5.56 Å². The van der Waals surface area contributed by atoms with Gasteiger partial charge in [-0.25, -0.2) is 0 Å². The van der Waals surface area contributed by atoms with Crippen molar-refractivity contribution in [2.24, 2.45) is 10.9 Å². The highest BCUT2D eigenvalue weighted by atomic mass is 16.1. The van der Waals surface area contributed by atoms with E-state index in [0.717, 1.165) is 42.8 Å². The zero-order valence-electron chi connectivity index (χ0n) is 19.6. The van der Waals surface area contributed by atoms with Crippen LogP contribution in [0.15, 0.2) is 75.6 Å². The lowest BCUT2D eigenvalue weighted by molar-refractivity contribution is 0.413. The molecule has 0 radical (unpaired) electrons. The number of H-pyrrole nitrogens is 1. The smallest absolute Gasteiger partial charge is 0.248 e. The van der Waals surface area contributed by atoms with Crippen molar-refractivity contribution in [3.8, 4) is 0 Å². The van der Waals surface area contributed by atoms with Crippen molar-refractivity contribution in [1.82, 2.24) is 4.98 Å². The lowest BCUT2D eigenvalue weighted by atomic mass is 9.63. The molecule has 1 aromatic carbocycles. The fraction of sp³-hybridized carbons (Fsp3) is 0.357. The molecule has 4 rings (SSSR count). The molecule has 0 unspecified atom stereocenters. The Hall–Kier alpha value is -3.14. The first-order chi connectivity index (χ1) is 15.5. The minimum absolute atomic E-state index is 0.0429. The monoisotopic (exact) mass is 427 g/mol. The quantitative estimate of drug-likeness (QED) is 0.477. The standard InChI is InChI=1S/C28H33N3O/c1-5-24-22-17-20(4)19-28(24,25-14-15-27(32)30-26(25)18-22)29-16-8-9-21-10-12-23(13-11-21)31(6-2)7-3/h5,8-17,22H,6-7,18-19H2,1-4H3,(H,30,32)/b9-8+,24-5+,29-16?/t22-,28+/m0/s1. The molecule has 2 bridgehead atoms. The van der Waals surface area contributed by atoms with Crippen LogP contribution in [0.2, 0.25) is 0 Å². The maximum Gasteiger partial charge on any atom is 0.248 e. The fourth-order valence-corrected chi connectivity index (χ4v) is 5.36. The fourth-order valence-electron chi connectivity index (χ4n) is 5.36. The van der Waals surface area contributed by atoms with Gasteiger partial charge in [0.25, 0.3) is 0 Å². The van der Waals surface area contributed by atoms with Crippen molar-refractivity contribution >= 4 is 18.0 Å². The van der Waals surface area contributed by atoms with Crippen molar-refractivity contribution in [2.45, 2.75) is 46.1 Å². The number of allylic oxidation sites excluding steroid dienone is 3. The van der Waals surface area contributed by atoms with Crippen molar-refractivity contribution in [3.05, 3.63) is 92.9 Å². The molecule has 0 fully saturated rings. The molecule has 1 N–H and O–H groups in total. The Balaban J connectivity index is 1.64. The van der Waals surface area contributed by atoms with E-state index >= 15 is 0 Å². The first-order valence-electron chi connectivity index (χ1n) is 11.6.